The molecule has 1 unspecified atom stereocenters. The molecular weight excluding hydrogens is 346 g/mol. The van der Waals surface area contributed by atoms with Crippen LogP contribution < -0.4 is 4.72 Å². The van der Waals surface area contributed by atoms with E-state index in [2.05, 4.69) is 34.1 Å². The van der Waals surface area contributed by atoms with Gasteiger partial charge in [0, 0.05) is 25.5 Å². The first-order chi connectivity index (χ1) is 12.4. The van der Waals surface area contributed by atoms with Gasteiger partial charge >= 0.3 is 0 Å². The van der Waals surface area contributed by atoms with Gasteiger partial charge in [-0.2, -0.15) is 0 Å². The first-order valence-electron chi connectivity index (χ1n) is 9.33. The fourth-order valence-electron chi connectivity index (χ4n) is 3.60. The van der Waals surface area contributed by atoms with Gasteiger partial charge < -0.3 is 4.57 Å². The van der Waals surface area contributed by atoms with Gasteiger partial charge in [0.1, 0.15) is 0 Å². The van der Waals surface area contributed by atoms with E-state index in [-0.39, 0.29) is 6.04 Å². The van der Waals surface area contributed by atoms with Gasteiger partial charge in [-0.1, -0.05) is 26.0 Å². The van der Waals surface area contributed by atoms with Crippen molar-refractivity contribution >= 4 is 10.0 Å². The third kappa shape index (κ3) is 4.19. The molecule has 1 aliphatic rings. The highest BCUT2D eigenvalue weighted by molar-refractivity contribution is 7.89. The molecule has 6 heteroatoms. The zero-order chi connectivity index (χ0) is 18.7. The zero-order valence-corrected chi connectivity index (χ0v) is 16.7. The lowest BCUT2D eigenvalue weighted by atomic mass is 10.0. The molecule has 2 aromatic rings. The summed E-state index contributed by atoms with van der Waals surface area (Å²) in [5, 5.41) is 0. The Morgan fingerprint density at radius 1 is 1.08 bits per heavy atom. The van der Waals surface area contributed by atoms with Crippen LogP contribution in [0, 0.1) is 0 Å². The number of nitrogens with one attached hydrogen (secondary N) is 1. The molecule has 5 nitrogen and oxygen atoms in total. The molecule has 1 N–H and O–H groups in total. The van der Waals surface area contributed by atoms with Crippen molar-refractivity contribution in [3.63, 3.8) is 0 Å². The van der Waals surface area contributed by atoms with Crippen LogP contribution >= 0.6 is 0 Å². The fraction of sp³-hybridized carbons (Fsp3) is 0.500. The van der Waals surface area contributed by atoms with E-state index in [1.807, 2.05) is 31.4 Å². The Balaban J connectivity index is 1.76. The molecule has 1 atom stereocenters. The van der Waals surface area contributed by atoms with Gasteiger partial charge in [-0.05, 0) is 61.7 Å². The van der Waals surface area contributed by atoms with Crippen molar-refractivity contribution in [1.29, 1.82) is 0 Å². The number of aromatic nitrogens is 1. The highest BCUT2D eigenvalue weighted by Crippen LogP contribution is 2.25. The van der Waals surface area contributed by atoms with E-state index in [1.165, 1.54) is 12.8 Å². The average molecular weight is 376 g/mol. The monoisotopic (exact) mass is 375 g/mol. The van der Waals surface area contributed by atoms with Crippen molar-refractivity contribution in [2.24, 2.45) is 7.05 Å². The summed E-state index contributed by atoms with van der Waals surface area (Å²) in [7, 11) is -1.51. The summed E-state index contributed by atoms with van der Waals surface area (Å²) in [4.78, 5) is 2.70. The number of hydrogen-bond donors (Lipinski definition) is 1. The Bertz CT molecular complexity index is 819. The second-order valence-electron chi connectivity index (χ2n) is 7.38. The van der Waals surface area contributed by atoms with Crippen molar-refractivity contribution in [1.82, 2.24) is 14.2 Å². The smallest absolute Gasteiger partial charge is 0.240 e. The molecule has 142 valence electrons. The summed E-state index contributed by atoms with van der Waals surface area (Å²) in [5.41, 5.74) is 2.28. The van der Waals surface area contributed by atoms with E-state index < -0.39 is 10.0 Å². The number of benzene rings is 1. The molecular formula is C20H29N3O2S. The predicted octanol–water partition coefficient (Wildman–Crippen LogP) is 3.26. The molecule has 0 bridgehead atoms. The molecule has 3 rings (SSSR count). The van der Waals surface area contributed by atoms with E-state index in [0.717, 1.165) is 24.3 Å². The Morgan fingerprint density at radius 2 is 1.73 bits per heavy atom. The van der Waals surface area contributed by atoms with Crippen LogP contribution in [0.25, 0.3) is 0 Å². The summed E-state index contributed by atoms with van der Waals surface area (Å²) in [6.07, 6.45) is 4.35. The van der Waals surface area contributed by atoms with E-state index in [0.29, 0.717) is 17.4 Å². The number of rotatable bonds is 7. The number of aryl methyl sites for hydroxylation is 1. The number of hydrogen-bond acceptors (Lipinski definition) is 3. The van der Waals surface area contributed by atoms with Crippen molar-refractivity contribution in [3.05, 3.63) is 53.9 Å². The molecule has 2 heterocycles. The molecule has 0 amide bonds. The SMILES string of the molecule is CC(C)c1ccc(S(=O)(=O)NCC(c2cccn2C)N2CCCC2)cc1. The summed E-state index contributed by atoms with van der Waals surface area (Å²) >= 11 is 0. The van der Waals surface area contributed by atoms with Gasteiger partial charge in [-0.15, -0.1) is 0 Å². The van der Waals surface area contributed by atoms with Crippen LogP contribution in [0.15, 0.2) is 47.5 Å². The van der Waals surface area contributed by atoms with Gasteiger partial charge in [0.05, 0.1) is 10.9 Å². The van der Waals surface area contributed by atoms with Gasteiger partial charge in [-0.3, -0.25) is 4.90 Å². The maximum absolute atomic E-state index is 12.8. The van der Waals surface area contributed by atoms with Crippen molar-refractivity contribution < 1.29 is 8.42 Å². The third-order valence-electron chi connectivity index (χ3n) is 5.23. The lowest BCUT2D eigenvalue weighted by Crippen LogP contribution is -2.37. The normalized spacial score (nSPS) is 17.1. The molecule has 0 spiro atoms. The molecule has 0 aliphatic carbocycles. The van der Waals surface area contributed by atoms with Gasteiger partial charge in [0.2, 0.25) is 10.0 Å². The van der Waals surface area contributed by atoms with Crippen LogP contribution in [-0.2, 0) is 17.1 Å². The highest BCUT2D eigenvalue weighted by Gasteiger charge is 2.27. The van der Waals surface area contributed by atoms with Crippen LogP contribution in [0.5, 0.6) is 0 Å². The maximum atomic E-state index is 12.8. The van der Waals surface area contributed by atoms with E-state index in [1.54, 1.807) is 12.1 Å². The van der Waals surface area contributed by atoms with Crippen LogP contribution in [0.4, 0.5) is 0 Å². The maximum Gasteiger partial charge on any atom is 0.240 e. The van der Waals surface area contributed by atoms with Crippen molar-refractivity contribution in [2.45, 2.75) is 43.5 Å². The molecule has 1 aromatic carbocycles. The fourth-order valence-corrected chi connectivity index (χ4v) is 4.64. The Kier molecular flexibility index (Phi) is 5.85. The minimum absolute atomic E-state index is 0.0576. The number of likely N-dealkylation sites (tertiary alicyclic amines) is 1. The predicted molar refractivity (Wildman–Crippen MR) is 105 cm³/mol. The molecule has 0 saturated carbocycles. The number of sulfonamides is 1. The summed E-state index contributed by atoms with van der Waals surface area (Å²) < 4.78 is 30.4. The zero-order valence-electron chi connectivity index (χ0n) is 15.9. The number of nitrogens with zero attached hydrogens (tertiary/aromatic N) is 2. The van der Waals surface area contributed by atoms with E-state index in [4.69, 9.17) is 0 Å². The molecule has 0 radical (unpaired) electrons. The second kappa shape index (κ2) is 7.94. The first kappa shape index (κ1) is 19.1. The average Bonchev–Trinajstić information content (AvgIpc) is 3.28. The quantitative estimate of drug-likeness (QED) is 0.808. The van der Waals surface area contributed by atoms with Gasteiger partial charge in [0.25, 0.3) is 0 Å². The minimum Gasteiger partial charge on any atom is -0.353 e. The molecule has 1 saturated heterocycles. The first-order valence-corrected chi connectivity index (χ1v) is 10.8. The topological polar surface area (TPSA) is 54.3 Å². The standard InChI is InChI=1S/C20H29N3O2S/c1-16(2)17-8-10-18(11-9-17)26(24,25)21-15-20(23-13-4-5-14-23)19-7-6-12-22(19)3/h6-12,16,20-21H,4-5,13-15H2,1-3H3. The molecule has 1 aromatic heterocycles. The Labute approximate surface area is 157 Å². The lowest BCUT2D eigenvalue weighted by Gasteiger charge is -2.28. The van der Waals surface area contributed by atoms with Crippen LogP contribution in [0.2, 0.25) is 0 Å². The summed E-state index contributed by atoms with van der Waals surface area (Å²) in [6, 6.07) is 11.3. The largest absolute Gasteiger partial charge is 0.353 e. The van der Waals surface area contributed by atoms with Crippen molar-refractivity contribution in [2.75, 3.05) is 19.6 Å². The summed E-state index contributed by atoms with van der Waals surface area (Å²) in [5.74, 6) is 0.386. The second-order valence-corrected chi connectivity index (χ2v) is 9.15. The molecule has 1 aliphatic heterocycles. The van der Waals surface area contributed by atoms with Crippen LogP contribution in [-0.4, -0.2) is 37.5 Å². The van der Waals surface area contributed by atoms with Crippen LogP contribution in [0.3, 0.4) is 0 Å². The van der Waals surface area contributed by atoms with E-state index >= 15 is 0 Å². The summed E-state index contributed by atoms with van der Waals surface area (Å²) in [6.45, 7) is 6.61. The van der Waals surface area contributed by atoms with Crippen molar-refractivity contribution in [3.8, 4) is 0 Å². The minimum atomic E-state index is -3.52. The third-order valence-corrected chi connectivity index (χ3v) is 6.67. The Morgan fingerprint density at radius 3 is 2.27 bits per heavy atom. The van der Waals surface area contributed by atoms with Crippen LogP contribution in [0.1, 0.15) is 49.9 Å². The van der Waals surface area contributed by atoms with Gasteiger partial charge in [0.15, 0.2) is 0 Å². The molecule has 1 fully saturated rings. The lowest BCUT2D eigenvalue weighted by molar-refractivity contribution is 0.238. The Hall–Kier alpha value is -1.63. The highest BCUT2D eigenvalue weighted by atomic mass is 32.2. The van der Waals surface area contributed by atoms with Gasteiger partial charge in [-0.25, -0.2) is 13.1 Å². The molecule has 26 heavy (non-hydrogen) atoms. The van der Waals surface area contributed by atoms with E-state index in [9.17, 15) is 8.42 Å².